The summed E-state index contributed by atoms with van der Waals surface area (Å²) in [5.74, 6) is -1.25. The topological polar surface area (TPSA) is 115 Å². The maximum absolute atomic E-state index is 13.3. The third-order valence-corrected chi connectivity index (χ3v) is 7.92. The second-order valence-electron chi connectivity index (χ2n) is 7.45. The lowest BCUT2D eigenvalue weighted by molar-refractivity contribution is -0.143. The minimum atomic E-state index is -4.86. The van der Waals surface area contributed by atoms with Crippen molar-refractivity contribution in [2.45, 2.75) is 47.7 Å². The second kappa shape index (κ2) is 8.06. The van der Waals surface area contributed by atoms with Crippen molar-refractivity contribution >= 4 is 21.9 Å². The van der Waals surface area contributed by atoms with E-state index in [0.717, 1.165) is 12.1 Å². The maximum atomic E-state index is 13.3. The van der Waals surface area contributed by atoms with Crippen LogP contribution in [0.1, 0.15) is 24.8 Å². The van der Waals surface area contributed by atoms with Gasteiger partial charge < -0.3 is 15.1 Å². The highest BCUT2D eigenvalue weighted by atomic mass is 32.2. The van der Waals surface area contributed by atoms with E-state index in [4.69, 9.17) is 5.11 Å². The Morgan fingerprint density at radius 2 is 1.67 bits per heavy atom. The maximum Gasteiger partial charge on any atom is 0.417 e. The monoisotopic (exact) mass is 450 g/mol. The van der Waals surface area contributed by atoms with Crippen molar-refractivity contribution in [1.29, 1.82) is 0 Å². The van der Waals surface area contributed by atoms with Crippen molar-refractivity contribution in [2.24, 2.45) is 0 Å². The molecule has 2 heterocycles. The zero-order chi connectivity index (χ0) is 22.3. The molecule has 0 saturated carbocycles. The molecule has 1 aromatic rings. The lowest BCUT2D eigenvalue weighted by atomic mass is 10.0. The van der Waals surface area contributed by atoms with Crippen LogP contribution in [0.4, 0.5) is 18.0 Å². The molecule has 0 aromatic heterocycles. The van der Waals surface area contributed by atoms with Gasteiger partial charge in [0.05, 0.1) is 15.7 Å². The van der Waals surface area contributed by atoms with Crippen LogP contribution in [0.3, 0.4) is 0 Å². The molecule has 0 spiro atoms. The predicted molar refractivity (Wildman–Crippen MR) is 97.8 cm³/mol. The van der Waals surface area contributed by atoms with Gasteiger partial charge in [-0.25, -0.2) is 13.2 Å². The van der Waals surface area contributed by atoms with Gasteiger partial charge in [-0.15, -0.1) is 0 Å². The largest absolute Gasteiger partial charge is 0.480 e. The Kier molecular flexibility index (Phi) is 6.01. The van der Waals surface area contributed by atoms with E-state index in [0.29, 0.717) is 18.9 Å². The Bertz CT molecular complexity index is 928. The highest BCUT2D eigenvalue weighted by Gasteiger charge is 2.48. The van der Waals surface area contributed by atoms with Gasteiger partial charge in [0.25, 0.3) is 0 Å². The van der Waals surface area contributed by atoms with Gasteiger partial charge in [-0.2, -0.15) is 13.2 Å². The van der Waals surface area contributed by atoms with E-state index < -0.39 is 49.8 Å². The number of carboxylic acids is 1. The number of hydrogen-bond acceptors (Lipinski definition) is 5. The molecule has 1 amide bonds. The van der Waals surface area contributed by atoms with Gasteiger partial charge in [-0.05, 0) is 31.4 Å². The van der Waals surface area contributed by atoms with Crippen molar-refractivity contribution < 1.29 is 41.4 Å². The molecule has 0 radical (unpaired) electrons. The summed E-state index contributed by atoms with van der Waals surface area (Å²) < 4.78 is 66.0. The molecule has 12 heteroatoms. The number of sulfone groups is 1. The van der Waals surface area contributed by atoms with Crippen LogP contribution in [0.25, 0.3) is 0 Å². The van der Waals surface area contributed by atoms with Gasteiger partial charge in [0, 0.05) is 25.7 Å². The molecule has 0 bridgehead atoms. The SMILES string of the molecule is O=C(O)C1CC(S(=O)(=O)c2ccccc2C(F)(F)F)CN1C1CCN(C(=O)O)CC1. The second-order valence-corrected chi connectivity index (χ2v) is 9.64. The Morgan fingerprint density at radius 1 is 1.07 bits per heavy atom. The van der Waals surface area contributed by atoms with Gasteiger partial charge in [-0.3, -0.25) is 9.69 Å². The molecule has 8 nitrogen and oxygen atoms in total. The summed E-state index contributed by atoms with van der Waals surface area (Å²) in [4.78, 5) is 24.6. The molecule has 30 heavy (non-hydrogen) atoms. The van der Waals surface area contributed by atoms with Crippen LogP contribution in [0.15, 0.2) is 29.2 Å². The molecule has 2 saturated heterocycles. The first-order valence-corrected chi connectivity index (χ1v) is 10.8. The molecule has 2 unspecified atom stereocenters. The van der Waals surface area contributed by atoms with E-state index in [1.807, 2.05) is 0 Å². The number of rotatable bonds is 4. The van der Waals surface area contributed by atoms with Crippen molar-refractivity contribution in [2.75, 3.05) is 19.6 Å². The van der Waals surface area contributed by atoms with Crippen molar-refractivity contribution in [3.8, 4) is 0 Å². The average Bonchev–Trinajstić information content (AvgIpc) is 3.14. The average molecular weight is 450 g/mol. The number of alkyl halides is 3. The van der Waals surface area contributed by atoms with E-state index in [2.05, 4.69) is 0 Å². The highest BCUT2D eigenvalue weighted by Crippen LogP contribution is 2.38. The molecule has 1 aromatic carbocycles. The lowest BCUT2D eigenvalue weighted by Crippen LogP contribution is -2.50. The normalized spacial score (nSPS) is 24.2. The zero-order valence-corrected chi connectivity index (χ0v) is 16.6. The van der Waals surface area contributed by atoms with Crippen LogP contribution in [-0.4, -0.2) is 77.5 Å². The third-order valence-electron chi connectivity index (χ3n) is 5.73. The van der Waals surface area contributed by atoms with Crippen LogP contribution in [-0.2, 0) is 20.8 Å². The first kappa shape index (κ1) is 22.3. The third kappa shape index (κ3) is 4.24. The Labute approximate surface area is 170 Å². The standard InChI is InChI=1S/C18H21F3N2O6S/c19-18(20,21)13-3-1-2-4-15(13)30(28,29)12-9-14(16(24)25)23(10-12)11-5-7-22(8-6-11)17(26)27/h1-4,11-12,14H,5-10H2,(H,24,25)(H,26,27). The first-order valence-electron chi connectivity index (χ1n) is 9.29. The number of amides is 1. The van der Waals surface area contributed by atoms with Gasteiger partial charge in [0.2, 0.25) is 0 Å². The van der Waals surface area contributed by atoms with Gasteiger partial charge >= 0.3 is 18.2 Å². The Hall–Kier alpha value is -2.34. The fourth-order valence-electron chi connectivity index (χ4n) is 4.21. The molecule has 2 N–H and O–H groups in total. The van der Waals surface area contributed by atoms with Crippen molar-refractivity contribution in [3.63, 3.8) is 0 Å². The van der Waals surface area contributed by atoms with Crippen LogP contribution in [0.2, 0.25) is 0 Å². The molecular weight excluding hydrogens is 429 g/mol. The summed E-state index contributed by atoms with van der Waals surface area (Å²) in [5.41, 5.74) is -1.27. The molecule has 0 aliphatic carbocycles. The van der Waals surface area contributed by atoms with E-state index in [-0.39, 0.29) is 32.1 Å². The summed E-state index contributed by atoms with van der Waals surface area (Å²) >= 11 is 0. The summed E-state index contributed by atoms with van der Waals surface area (Å²) in [6, 6.07) is 2.35. The summed E-state index contributed by atoms with van der Waals surface area (Å²) in [6.07, 6.45) is -5.64. The summed E-state index contributed by atoms with van der Waals surface area (Å²) in [7, 11) is -4.44. The first-order chi connectivity index (χ1) is 13.9. The number of carboxylic acid groups (broad SMARTS) is 2. The van der Waals surface area contributed by atoms with Gasteiger partial charge in [0.1, 0.15) is 6.04 Å². The molecule has 2 fully saturated rings. The highest BCUT2D eigenvalue weighted by molar-refractivity contribution is 7.92. The fourth-order valence-corrected chi connectivity index (χ4v) is 6.13. The number of likely N-dealkylation sites (tertiary alicyclic amines) is 2. The van der Waals surface area contributed by atoms with Crippen molar-refractivity contribution in [3.05, 3.63) is 29.8 Å². The minimum Gasteiger partial charge on any atom is -0.480 e. The van der Waals surface area contributed by atoms with Crippen molar-refractivity contribution in [1.82, 2.24) is 9.80 Å². The Balaban J connectivity index is 1.87. The van der Waals surface area contributed by atoms with Crippen LogP contribution in [0.5, 0.6) is 0 Å². The molecule has 2 atom stereocenters. The number of aliphatic carboxylic acids is 1. The Morgan fingerprint density at radius 3 is 2.20 bits per heavy atom. The quantitative estimate of drug-likeness (QED) is 0.722. The van der Waals surface area contributed by atoms with E-state index >= 15 is 0 Å². The number of piperidine rings is 1. The summed E-state index contributed by atoms with van der Waals surface area (Å²) in [6.45, 7) is 0.136. The van der Waals surface area contributed by atoms with E-state index in [1.165, 1.54) is 15.9 Å². The molecule has 2 aliphatic rings. The number of hydrogen-bond donors (Lipinski definition) is 2. The number of nitrogens with zero attached hydrogens (tertiary/aromatic N) is 2. The summed E-state index contributed by atoms with van der Waals surface area (Å²) in [5, 5.41) is 17.3. The minimum absolute atomic E-state index is 0.178. The van der Waals surface area contributed by atoms with Gasteiger partial charge in [-0.1, -0.05) is 12.1 Å². The van der Waals surface area contributed by atoms with Gasteiger partial charge in [0.15, 0.2) is 9.84 Å². The van der Waals surface area contributed by atoms with Crippen LogP contribution >= 0.6 is 0 Å². The van der Waals surface area contributed by atoms with E-state index in [1.54, 1.807) is 0 Å². The predicted octanol–water partition coefficient (Wildman–Crippen LogP) is 2.15. The van der Waals surface area contributed by atoms with Crippen LogP contribution in [0, 0.1) is 0 Å². The number of halogens is 3. The fraction of sp³-hybridized carbons (Fsp3) is 0.556. The lowest BCUT2D eigenvalue weighted by Gasteiger charge is -2.37. The zero-order valence-electron chi connectivity index (χ0n) is 15.7. The van der Waals surface area contributed by atoms with Crippen LogP contribution < -0.4 is 0 Å². The smallest absolute Gasteiger partial charge is 0.417 e. The number of benzene rings is 1. The molecule has 2 aliphatic heterocycles. The number of carbonyl (C=O) groups is 2. The molecular formula is C18H21F3N2O6S. The molecule has 166 valence electrons. The molecule has 3 rings (SSSR count). The van der Waals surface area contributed by atoms with E-state index in [9.17, 15) is 36.3 Å².